The lowest BCUT2D eigenvalue weighted by Crippen LogP contribution is -2.36. The fraction of sp³-hybridized carbons (Fsp3) is 0.444. The lowest BCUT2D eigenvalue weighted by Gasteiger charge is -2.29. The van der Waals surface area contributed by atoms with Gasteiger partial charge in [-0.1, -0.05) is 12.1 Å². The fourth-order valence-corrected chi connectivity index (χ4v) is 2.56. The lowest BCUT2D eigenvalue weighted by molar-refractivity contribution is -0.117. The minimum Gasteiger partial charge on any atom is -0.394 e. The van der Waals surface area contributed by atoms with Crippen LogP contribution in [0.15, 0.2) is 29.8 Å². The highest BCUT2D eigenvalue weighted by Crippen LogP contribution is 2.23. The number of nitrogens with one attached hydrogen (secondary N) is 1. The number of nitriles is 1. The smallest absolute Gasteiger partial charge is 0.262 e. The van der Waals surface area contributed by atoms with Crippen LogP contribution in [0.5, 0.6) is 0 Å². The van der Waals surface area contributed by atoms with E-state index in [9.17, 15) is 15.2 Å². The third-order valence-electron chi connectivity index (χ3n) is 4.10. The Balaban J connectivity index is 2.12. The van der Waals surface area contributed by atoms with Crippen molar-refractivity contribution in [2.75, 3.05) is 44.4 Å². The van der Waals surface area contributed by atoms with Crippen LogP contribution in [-0.4, -0.2) is 61.7 Å². The number of morpholine rings is 1. The molecule has 25 heavy (non-hydrogen) atoms. The van der Waals surface area contributed by atoms with Crippen LogP contribution in [0.1, 0.15) is 12.5 Å². The molecule has 0 saturated carbocycles. The first-order chi connectivity index (χ1) is 12.1. The molecule has 7 nitrogen and oxygen atoms in total. The van der Waals surface area contributed by atoms with Crippen molar-refractivity contribution in [3.05, 3.63) is 35.4 Å². The van der Waals surface area contributed by atoms with Crippen LogP contribution in [0, 0.1) is 11.3 Å². The number of amides is 1. The number of anilines is 1. The van der Waals surface area contributed by atoms with Crippen LogP contribution in [0.2, 0.25) is 0 Å². The summed E-state index contributed by atoms with van der Waals surface area (Å²) in [4.78, 5) is 14.3. The summed E-state index contributed by atoms with van der Waals surface area (Å²) in [5.41, 5.74) is 2.41. The van der Waals surface area contributed by atoms with E-state index in [-0.39, 0.29) is 12.1 Å². The van der Waals surface area contributed by atoms with Gasteiger partial charge in [0.05, 0.1) is 25.9 Å². The van der Waals surface area contributed by atoms with E-state index in [0.29, 0.717) is 18.8 Å². The molecule has 1 atom stereocenters. The van der Waals surface area contributed by atoms with Gasteiger partial charge < -0.3 is 25.2 Å². The van der Waals surface area contributed by atoms with Crippen LogP contribution in [0.3, 0.4) is 0 Å². The van der Waals surface area contributed by atoms with Gasteiger partial charge in [-0.05, 0) is 30.2 Å². The van der Waals surface area contributed by atoms with Gasteiger partial charge in [-0.25, -0.2) is 0 Å². The van der Waals surface area contributed by atoms with Crippen molar-refractivity contribution in [3.8, 4) is 6.07 Å². The Hall–Kier alpha value is -2.40. The molecule has 1 fully saturated rings. The number of nitrogens with zero attached hydrogens (tertiary/aromatic N) is 2. The van der Waals surface area contributed by atoms with E-state index in [4.69, 9.17) is 9.84 Å². The molecular formula is C18H23N3O4. The van der Waals surface area contributed by atoms with Crippen molar-refractivity contribution in [1.29, 1.82) is 5.26 Å². The molecule has 0 bridgehead atoms. The number of carbonyl (C=O) groups excluding carboxylic acids is 1. The van der Waals surface area contributed by atoms with Crippen LogP contribution in [0.4, 0.5) is 5.69 Å². The second-order valence-electron chi connectivity index (χ2n) is 5.80. The first-order valence-electron chi connectivity index (χ1n) is 8.18. The van der Waals surface area contributed by atoms with Gasteiger partial charge in [0.15, 0.2) is 0 Å². The van der Waals surface area contributed by atoms with Crippen molar-refractivity contribution in [2.24, 2.45) is 0 Å². The normalized spacial score (nSPS) is 16.6. The first kappa shape index (κ1) is 18.9. The highest BCUT2D eigenvalue weighted by Gasteiger charge is 2.16. The van der Waals surface area contributed by atoms with E-state index >= 15 is 0 Å². The minimum absolute atomic E-state index is 0.00994. The number of benzene rings is 1. The largest absolute Gasteiger partial charge is 0.394 e. The molecule has 1 aromatic carbocycles. The quantitative estimate of drug-likeness (QED) is 0.505. The molecule has 7 heteroatoms. The molecule has 134 valence electrons. The van der Waals surface area contributed by atoms with Gasteiger partial charge in [0.25, 0.3) is 5.91 Å². The van der Waals surface area contributed by atoms with Crippen molar-refractivity contribution in [2.45, 2.75) is 13.0 Å². The zero-order valence-corrected chi connectivity index (χ0v) is 14.2. The number of carbonyl (C=O) groups is 1. The Morgan fingerprint density at radius 3 is 2.56 bits per heavy atom. The predicted molar refractivity (Wildman–Crippen MR) is 93.8 cm³/mol. The van der Waals surface area contributed by atoms with Gasteiger partial charge in [0, 0.05) is 25.3 Å². The zero-order valence-electron chi connectivity index (χ0n) is 14.2. The fourth-order valence-electron chi connectivity index (χ4n) is 2.56. The van der Waals surface area contributed by atoms with Gasteiger partial charge in [0.2, 0.25) is 0 Å². The van der Waals surface area contributed by atoms with E-state index in [1.165, 1.54) is 0 Å². The van der Waals surface area contributed by atoms with Crippen LogP contribution < -0.4 is 10.2 Å². The Kier molecular flexibility index (Phi) is 6.95. The molecule has 1 heterocycles. The number of hydrogen-bond acceptors (Lipinski definition) is 6. The molecule has 0 aromatic heterocycles. The van der Waals surface area contributed by atoms with Gasteiger partial charge in [-0.2, -0.15) is 5.26 Å². The maximum Gasteiger partial charge on any atom is 0.262 e. The molecule has 1 aliphatic rings. The molecule has 1 aliphatic heterocycles. The summed E-state index contributed by atoms with van der Waals surface area (Å²) >= 11 is 0. The van der Waals surface area contributed by atoms with Gasteiger partial charge in [-0.3, -0.25) is 4.79 Å². The highest BCUT2D eigenvalue weighted by molar-refractivity contribution is 6.04. The summed E-state index contributed by atoms with van der Waals surface area (Å²) in [6.45, 7) is 4.25. The number of ether oxygens (including phenoxy) is 1. The lowest BCUT2D eigenvalue weighted by atomic mass is 10.0. The van der Waals surface area contributed by atoms with Crippen molar-refractivity contribution in [1.82, 2.24) is 5.32 Å². The van der Waals surface area contributed by atoms with Crippen molar-refractivity contribution >= 4 is 17.2 Å². The second-order valence-corrected chi connectivity index (χ2v) is 5.80. The maximum atomic E-state index is 12.1. The molecule has 0 aliphatic carbocycles. The summed E-state index contributed by atoms with van der Waals surface area (Å²) in [6.07, 6.45) is -1.04. The zero-order chi connectivity index (χ0) is 18.2. The molecule has 1 aromatic rings. The standard InChI is InChI=1S/C18H23N3O4/c1-13(17(10-19)18(24)20-11-16(23)12-22)14-2-4-15(5-3-14)21-6-8-25-9-7-21/h2-5,16,22-23H,6-9,11-12H2,1H3,(H,20,24)/b17-13+. The predicted octanol–water partition coefficient (Wildman–Crippen LogP) is 0.290. The Morgan fingerprint density at radius 1 is 1.36 bits per heavy atom. The highest BCUT2D eigenvalue weighted by atomic mass is 16.5. The van der Waals surface area contributed by atoms with Crippen LogP contribution >= 0.6 is 0 Å². The molecule has 3 N–H and O–H groups in total. The Morgan fingerprint density at radius 2 is 2.00 bits per heavy atom. The number of allylic oxidation sites excluding steroid dienone is 1. The monoisotopic (exact) mass is 345 g/mol. The molecular weight excluding hydrogens is 322 g/mol. The summed E-state index contributed by atoms with van der Waals surface area (Å²) in [6, 6.07) is 9.61. The molecule has 0 radical (unpaired) electrons. The van der Waals surface area contributed by atoms with Gasteiger partial charge >= 0.3 is 0 Å². The van der Waals surface area contributed by atoms with E-state index in [2.05, 4.69) is 10.2 Å². The number of hydrogen-bond donors (Lipinski definition) is 3. The van der Waals surface area contributed by atoms with Gasteiger partial charge in [0.1, 0.15) is 11.6 Å². The van der Waals surface area contributed by atoms with E-state index in [0.717, 1.165) is 24.3 Å². The molecule has 1 saturated heterocycles. The number of aliphatic hydroxyl groups excluding tert-OH is 2. The molecule has 1 amide bonds. The summed E-state index contributed by atoms with van der Waals surface area (Å²) in [5.74, 6) is -0.565. The average Bonchev–Trinajstić information content (AvgIpc) is 2.67. The summed E-state index contributed by atoms with van der Waals surface area (Å²) in [5, 5.41) is 29.8. The van der Waals surface area contributed by atoms with Gasteiger partial charge in [-0.15, -0.1) is 0 Å². The summed E-state index contributed by atoms with van der Waals surface area (Å²) < 4.78 is 5.34. The maximum absolute atomic E-state index is 12.1. The van der Waals surface area contributed by atoms with Crippen molar-refractivity contribution < 1.29 is 19.7 Å². The average molecular weight is 345 g/mol. The molecule has 0 spiro atoms. The van der Waals surface area contributed by atoms with Crippen molar-refractivity contribution in [3.63, 3.8) is 0 Å². The Labute approximate surface area is 147 Å². The Bertz CT molecular complexity index is 658. The minimum atomic E-state index is -1.04. The third-order valence-corrected chi connectivity index (χ3v) is 4.10. The molecule has 1 unspecified atom stereocenters. The van der Waals surface area contributed by atoms with E-state index < -0.39 is 18.6 Å². The first-order valence-corrected chi connectivity index (χ1v) is 8.18. The SMILES string of the molecule is C/C(=C(/C#N)C(=O)NCC(O)CO)c1ccc(N2CCOCC2)cc1. The molecule has 2 rings (SSSR count). The van der Waals surface area contributed by atoms with Crippen LogP contribution in [0.25, 0.3) is 5.57 Å². The summed E-state index contributed by atoms with van der Waals surface area (Å²) in [7, 11) is 0. The third kappa shape index (κ3) is 5.03. The van der Waals surface area contributed by atoms with Crippen LogP contribution in [-0.2, 0) is 9.53 Å². The number of rotatable bonds is 6. The second kappa shape index (κ2) is 9.18. The topological polar surface area (TPSA) is 106 Å². The van der Waals surface area contributed by atoms with E-state index in [1.807, 2.05) is 30.3 Å². The number of aliphatic hydroxyl groups is 2. The van der Waals surface area contributed by atoms with E-state index in [1.54, 1.807) is 6.92 Å².